The second-order valence-electron chi connectivity index (χ2n) is 4.05. The van der Waals surface area contributed by atoms with Crippen molar-refractivity contribution in [1.82, 2.24) is 10.3 Å². The summed E-state index contributed by atoms with van der Waals surface area (Å²) in [4.78, 5) is 10.6. The minimum atomic E-state index is -0.544. The van der Waals surface area contributed by atoms with E-state index in [1.54, 1.807) is 24.3 Å². The predicted octanol–water partition coefficient (Wildman–Crippen LogP) is -0.745. The van der Waals surface area contributed by atoms with Gasteiger partial charge in [-0.15, -0.1) is 5.10 Å². The third-order valence-electron chi connectivity index (χ3n) is 2.39. The van der Waals surface area contributed by atoms with Gasteiger partial charge in [0.05, 0.1) is 6.21 Å². The van der Waals surface area contributed by atoms with Gasteiger partial charge in [-0.05, 0) is 40.1 Å². The molecule has 1 amide bonds. The summed E-state index contributed by atoms with van der Waals surface area (Å²) in [6, 6.07) is 6.77. The van der Waals surface area contributed by atoms with E-state index in [1.165, 1.54) is 6.21 Å². The quantitative estimate of drug-likeness (QED) is 0.358. The molecule has 10 heteroatoms. The highest BCUT2D eigenvalue weighted by atomic mass is 16.6. The van der Waals surface area contributed by atoms with Gasteiger partial charge in [-0.2, -0.15) is 5.10 Å². The number of carbonyl (C=O) groups is 1. The highest BCUT2D eigenvalue weighted by Crippen LogP contribution is 2.11. The summed E-state index contributed by atoms with van der Waals surface area (Å²) >= 11 is 0. The minimum absolute atomic E-state index is 0.0172. The Morgan fingerprint density at radius 2 is 2.00 bits per heavy atom. The number of nitrogens with two attached hydrogens (primary N) is 3. The number of amides is 1. The summed E-state index contributed by atoms with van der Waals surface area (Å²) in [5, 5.41) is 14.4. The number of anilines is 1. The predicted molar refractivity (Wildman–Crippen MR) is 78.2 cm³/mol. The number of aromatic nitrogens is 2. The van der Waals surface area contributed by atoms with E-state index < -0.39 is 5.91 Å². The summed E-state index contributed by atoms with van der Waals surface area (Å²) < 4.78 is 9.52. The van der Waals surface area contributed by atoms with Crippen LogP contribution in [-0.2, 0) is 4.79 Å². The molecule has 1 heterocycles. The fourth-order valence-electron chi connectivity index (χ4n) is 1.38. The molecule has 0 aliphatic carbocycles. The lowest BCUT2D eigenvalue weighted by Gasteiger charge is -2.02. The minimum Gasteiger partial charge on any atom is -0.484 e. The fraction of sp³-hybridized carbons (Fsp3) is 0.0833. The molecule has 0 saturated carbocycles. The van der Waals surface area contributed by atoms with Crippen LogP contribution in [0.15, 0.2) is 39.1 Å². The average Bonchev–Trinajstić information content (AvgIpc) is 2.92. The number of carbonyl (C=O) groups excluding carboxylic acids is 1. The van der Waals surface area contributed by atoms with Crippen molar-refractivity contribution in [2.45, 2.75) is 0 Å². The maximum atomic E-state index is 10.6. The monoisotopic (exact) mass is 303 g/mol. The topological polar surface area (TPSA) is 168 Å². The Kier molecular flexibility index (Phi) is 4.65. The molecule has 1 aromatic heterocycles. The van der Waals surface area contributed by atoms with Crippen LogP contribution in [0, 0.1) is 0 Å². The molecule has 22 heavy (non-hydrogen) atoms. The van der Waals surface area contributed by atoms with Crippen molar-refractivity contribution in [2.24, 2.45) is 21.7 Å². The highest BCUT2D eigenvalue weighted by Gasteiger charge is 2.09. The lowest BCUT2D eigenvalue weighted by atomic mass is 10.2. The van der Waals surface area contributed by atoms with Crippen molar-refractivity contribution in [3.8, 4) is 5.75 Å². The van der Waals surface area contributed by atoms with Gasteiger partial charge in [-0.3, -0.25) is 4.79 Å². The second-order valence-corrected chi connectivity index (χ2v) is 4.05. The SMILES string of the molecule is NC(=O)COc1ccc(C=NN=C(N)c2nonc2N)cc1. The van der Waals surface area contributed by atoms with Crippen LogP contribution in [0.5, 0.6) is 5.75 Å². The number of nitrogen functional groups attached to an aromatic ring is 1. The fourth-order valence-corrected chi connectivity index (χ4v) is 1.38. The maximum Gasteiger partial charge on any atom is 0.255 e. The van der Waals surface area contributed by atoms with Crippen molar-refractivity contribution < 1.29 is 14.2 Å². The van der Waals surface area contributed by atoms with Gasteiger partial charge in [0.2, 0.25) is 0 Å². The van der Waals surface area contributed by atoms with Gasteiger partial charge in [-0.25, -0.2) is 4.63 Å². The molecular formula is C12H13N7O3. The first-order valence-electron chi connectivity index (χ1n) is 6.02. The van der Waals surface area contributed by atoms with Crippen LogP contribution in [0.25, 0.3) is 0 Å². The van der Waals surface area contributed by atoms with Gasteiger partial charge in [0.1, 0.15) is 5.75 Å². The molecular weight excluding hydrogens is 290 g/mol. The van der Waals surface area contributed by atoms with E-state index in [0.29, 0.717) is 5.75 Å². The molecule has 2 aromatic rings. The van der Waals surface area contributed by atoms with E-state index in [0.717, 1.165) is 5.56 Å². The number of primary amides is 1. The number of nitrogens with zero attached hydrogens (tertiary/aromatic N) is 4. The molecule has 10 nitrogen and oxygen atoms in total. The first-order chi connectivity index (χ1) is 10.6. The zero-order valence-corrected chi connectivity index (χ0v) is 11.3. The van der Waals surface area contributed by atoms with Crippen molar-refractivity contribution in [3.05, 3.63) is 35.5 Å². The molecule has 0 fully saturated rings. The molecule has 2 rings (SSSR count). The van der Waals surface area contributed by atoms with Crippen molar-refractivity contribution >= 4 is 23.8 Å². The number of hydrogen-bond acceptors (Lipinski definition) is 8. The lowest BCUT2D eigenvalue weighted by molar-refractivity contribution is -0.119. The Morgan fingerprint density at radius 1 is 1.27 bits per heavy atom. The Bertz CT molecular complexity index is 706. The van der Waals surface area contributed by atoms with Gasteiger partial charge in [0, 0.05) is 0 Å². The lowest BCUT2D eigenvalue weighted by Crippen LogP contribution is -2.19. The van der Waals surface area contributed by atoms with Gasteiger partial charge < -0.3 is 21.9 Å². The summed E-state index contributed by atoms with van der Waals surface area (Å²) in [7, 11) is 0. The molecule has 0 aliphatic heterocycles. The third-order valence-corrected chi connectivity index (χ3v) is 2.39. The zero-order chi connectivity index (χ0) is 15.9. The summed E-state index contributed by atoms with van der Waals surface area (Å²) in [6.45, 7) is -0.179. The molecule has 6 N–H and O–H groups in total. The van der Waals surface area contributed by atoms with Gasteiger partial charge in [0.25, 0.3) is 5.91 Å². The number of amidine groups is 1. The van der Waals surface area contributed by atoms with E-state index in [1.807, 2.05) is 0 Å². The van der Waals surface area contributed by atoms with Crippen LogP contribution >= 0.6 is 0 Å². The molecule has 0 bridgehead atoms. The van der Waals surface area contributed by atoms with Crippen molar-refractivity contribution in [3.63, 3.8) is 0 Å². The Labute approximate surface area is 124 Å². The zero-order valence-electron chi connectivity index (χ0n) is 11.3. The molecule has 0 unspecified atom stereocenters. The summed E-state index contributed by atoms with van der Waals surface area (Å²) in [5.74, 6) is -0.0127. The summed E-state index contributed by atoms with van der Waals surface area (Å²) in [6.07, 6.45) is 1.47. The van der Waals surface area contributed by atoms with E-state index in [2.05, 4.69) is 25.1 Å². The molecule has 114 valence electrons. The van der Waals surface area contributed by atoms with Crippen LogP contribution < -0.4 is 21.9 Å². The standard InChI is InChI=1S/C12H13N7O3/c13-9(20)6-21-8-3-1-7(2-4-8)5-16-17-11(14)10-12(15)19-22-18-10/h1-5H,6H2,(H2,13,20)(H2,14,17)(H2,15,19). The first-order valence-corrected chi connectivity index (χ1v) is 6.02. The number of hydrogen-bond donors (Lipinski definition) is 3. The molecule has 0 spiro atoms. The number of rotatable bonds is 6. The van der Waals surface area contributed by atoms with E-state index in [-0.39, 0.29) is 24.0 Å². The van der Waals surface area contributed by atoms with E-state index in [4.69, 9.17) is 21.9 Å². The van der Waals surface area contributed by atoms with Crippen LogP contribution in [0.2, 0.25) is 0 Å². The smallest absolute Gasteiger partial charge is 0.255 e. The molecule has 0 aliphatic rings. The third kappa shape index (κ3) is 4.03. The highest BCUT2D eigenvalue weighted by molar-refractivity contribution is 5.99. The van der Waals surface area contributed by atoms with Crippen LogP contribution in [0.1, 0.15) is 11.3 Å². The molecule has 1 aromatic carbocycles. The summed E-state index contributed by atoms with van der Waals surface area (Å²) in [5.41, 5.74) is 16.9. The normalized spacial score (nSPS) is 11.7. The van der Waals surface area contributed by atoms with Crippen LogP contribution in [0.4, 0.5) is 5.82 Å². The van der Waals surface area contributed by atoms with Gasteiger partial charge in [0.15, 0.2) is 24.0 Å². The first kappa shape index (κ1) is 15.0. The Balaban J connectivity index is 1.98. The number of benzene rings is 1. The molecule has 0 atom stereocenters. The maximum absolute atomic E-state index is 10.6. The second kappa shape index (κ2) is 6.83. The van der Waals surface area contributed by atoms with Gasteiger partial charge in [-0.1, -0.05) is 0 Å². The Morgan fingerprint density at radius 3 is 2.59 bits per heavy atom. The molecule has 0 radical (unpaired) electrons. The largest absolute Gasteiger partial charge is 0.484 e. The number of ether oxygens (including phenoxy) is 1. The van der Waals surface area contributed by atoms with Crippen molar-refractivity contribution in [2.75, 3.05) is 12.3 Å². The van der Waals surface area contributed by atoms with Crippen LogP contribution in [-0.4, -0.2) is 34.9 Å². The average molecular weight is 303 g/mol. The van der Waals surface area contributed by atoms with E-state index >= 15 is 0 Å². The Hall–Kier alpha value is -3.43. The van der Waals surface area contributed by atoms with Gasteiger partial charge >= 0.3 is 0 Å². The molecule has 0 saturated heterocycles. The van der Waals surface area contributed by atoms with Crippen LogP contribution in [0.3, 0.4) is 0 Å². The van der Waals surface area contributed by atoms with E-state index in [9.17, 15) is 4.79 Å². The van der Waals surface area contributed by atoms with Crippen molar-refractivity contribution in [1.29, 1.82) is 0 Å².